The number of unbranched alkanes of at least 4 members (excludes halogenated alkanes) is 1. The fourth-order valence-corrected chi connectivity index (χ4v) is 1.75. The molecule has 2 rings (SSSR count). The van der Waals surface area contributed by atoms with E-state index in [1.54, 1.807) is 0 Å². The number of primary amides is 1. The lowest BCUT2D eigenvalue weighted by Crippen LogP contribution is -2.14. The second kappa shape index (κ2) is 7.40. The molecule has 0 saturated heterocycles. The molecule has 2 aromatic rings. The number of ether oxygens (including phenoxy) is 1. The minimum Gasteiger partial charge on any atom is -0.494 e. The summed E-state index contributed by atoms with van der Waals surface area (Å²) in [4.78, 5) is 15.2. The molecule has 0 atom stereocenters. The average Bonchev–Trinajstić information content (AvgIpc) is 2.96. The van der Waals surface area contributed by atoms with E-state index in [1.807, 2.05) is 24.3 Å². The molecule has 0 saturated carbocycles. The van der Waals surface area contributed by atoms with Crippen LogP contribution in [0, 0.1) is 0 Å². The largest absolute Gasteiger partial charge is 0.494 e. The first-order valence-electron chi connectivity index (χ1n) is 7.13. The monoisotopic (exact) mass is 301 g/mol. The predicted molar refractivity (Wildman–Crippen MR) is 82.2 cm³/mol. The zero-order valence-electron chi connectivity index (χ0n) is 12.5. The molecule has 1 amide bonds. The van der Waals surface area contributed by atoms with E-state index < -0.39 is 5.91 Å². The van der Waals surface area contributed by atoms with Crippen LogP contribution in [0.4, 0.5) is 0 Å². The number of carbonyl (C=O) groups is 1. The first kappa shape index (κ1) is 15.8. The van der Waals surface area contributed by atoms with Gasteiger partial charge in [0.2, 0.25) is 17.6 Å². The third-order valence-electron chi connectivity index (χ3n) is 3.06. The second-order valence-corrected chi connectivity index (χ2v) is 4.88. The zero-order chi connectivity index (χ0) is 15.9. The number of carbonyl (C=O) groups excluding carboxylic acids is 1. The van der Waals surface area contributed by atoms with Crippen molar-refractivity contribution in [1.82, 2.24) is 10.1 Å². The Labute approximate surface area is 129 Å². The van der Waals surface area contributed by atoms with Crippen LogP contribution < -0.4 is 10.5 Å². The fraction of sp³-hybridized carbons (Fsp3) is 0.312. The topological polar surface area (TPSA) is 91.2 Å². The van der Waals surface area contributed by atoms with Gasteiger partial charge >= 0.3 is 0 Å². The first-order chi connectivity index (χ1) is 10.6. The van der Waals surface area contributed by atoms with Crippen molar-refractivity contribution in [3.8, 4) is 17.1 Å². The van der Waals surface area contributed by atoms with Crippen molar-refractivity contribution >= 4 is 5.91 Å². The van der Waals surface area contributed by atoms with Crippen LogP contribution >= 0.6 is 0 Å². The van der Waals surface area contributed by atoms with Crippen molar-refractivity contribution in [1.29, 1.82) is 0 Å². The number of hydrogen-bond acceptors (Lipinski definition) is 5. The highest BCUT2D eigenvalue weighted by molar-refractivity contribution is 5.91. The summed E-state index contributed by atoms with van der Waals surface area (Å²) in [6.45, 7) is 6.38. The Morgan fingerprint density at radius 2 is 2.09 bits per heavy atom. The maximum atomic E-state index is 10.9. The van der Waals surface area contributed by atoms with E-state index in [0.717, 1.165) is 24.2 Å². The number of benzene rings is 1. The molecule has 0 radical (unpaired) electrons. The normalized spacial score (nSPS) is 10.4. The Hall–Kier alpha value is -2.63. The summed E-state index contributed by atoms with van der Waals surface area (Å²) in [6, 6.07) is 7.45. The third kappa shape index (κ3) is 4.18. The van der Waals surface area contributed by atoms with Gasteiger partial charge < -0.3 is 15.0 Å². The van der Waals surface area contributed by atoms with E-state index in [2.05, 4.69) is 23.6 Å². The number of nitrogens with zero attached hydrogens (tertiary/aromatic N) is 2. The van der Waals surface area contributed by atoms with Gasteiger partial charge in [0.15, 0.2) is 0 Å². The summed E-state index contributed by atoms with van der Waals surface area (Å²) >= 11 is 0. The molecule has 1 aromatic carbocycles. The lowest BCUT2D eigenvalue weighted by Gasteiger charge is -2.04. The summed E-state index contributed by atoms with van der Waals surface area (Å²) < 4.78 is 10.7. The van der Waals surface area contributed by atoms with E-state index in [-0.39, 0.29) is 12.0 Å². The lowest BCUT2D eigenvalue weighted by molar-refractivity contribution is -0.114. The van der Waals surface area contributed by atoms with Crippen molar-refractivity contribution in [2.24, 2.45) is 5.73 Å². The van der Waals surface area contributed by atoms with Crippen LogP contribution in [0.15, 0.2) is 40.9 Å². The van der Waals surface area contributed by atoms with Gasteiger partial charge in [-0.25, -0.2) is 0 Å². The average molecular weight is 301 g/mol. The maximum absolute atomic E-state index is 10.9. The molecular weight excluding hydrogens is 282 g/mol. The molecule has 2 N–H and O–H groups in total. The van der Waals surface area contributed by atoms with Gasteiger partial charge in [0.1, 0.15) is 5.75 Å². The molecular formula is C16H19N3O3. The summed E-state index contributed by atoms with van der Waals surface area (Å²) in [7, 11) is 0. The molecule has 1 heterocycles. The van der Waals surface area contributed by atoms with Crippen LogP contribution in [-0.2, 0) is 11.2 Å². The number of nitrogens with two attached hydrogens (primary N) is 1. The molecule has 0 unspecified atom stereocenters. The van der Waals surface area contributed by atoms with E-state index in [1.165, 1.54) is 0 Å². The minimum absolute atomic E-state index is 0.153. The Morgan fingerprint density at radius 1 is 1.36 bits per heavy atom. The maximum Gasteiger partial charge on any atom is 0.244 e. The molecule has 0 aliphatic carbocycles. The smallest absolute Gasteiger partial charge is 0.244 e. The van der Waals surface area contributed by atoms with Gasteiger partial charge in [0, 0.05) is 11.1 Å². The quantitative estimate of drug-likeness (QED) is 0.597. The lowest BCUT2D eigenvalue weighted by atomic mass is 10.2. The van der Waals surface area contributed by atoms with Crippen LogP contribution in [0.2, 0.25) is 0 Å². The summed E-state index contributed by atoms with van der Waals surface area (Å²) in [5.74, 6) is 0.991. The second-order valence-electron chi connectivity index (χ2n) is 4.88. The van der Waals surface area contributed by atoms with E-state index in [9.17, 15) is 4.79 Å². The van der Waals surface area contributed by atoms with E-state index in [0.29, 0.717) is 18.3 Å². The van der Waals surface area contributed by atoms with Gasteiger partial charge in [-0.1, -0.05) is 25.1 Å². The Kier molecular flexibility index (Phi) is 5.30. The van der Waals surface area contributed by atoms with Crippen LogP contribution in [0.3, 0.4) is 0 Å². The molecule has 1 aromatic heterocycles. The molecule has 0 spiro atoms. The molecule has 22 heavy (non-hydrogen) atoms. The zero-order valence-corrected chi connectivity index (χ0v) is 12.5. The Bertz CT molecular complexity index is 647. The van der Waals surface area contributed by atoms with Gasteiger partial charge in [0.25, 0.3) is 0 Å². The van der Waals surface area contributed by atoms with Crippen molar-refractivity contribution in [3.05, 3.63) is 42.3 Å². The highest BCUT2D eigenvalue weighted by atomic mass is 16.5. The van der Waals surface area contributed by atoms with Gasteiger partial charge in [-0.2, -0.15) is 4.98 Å². The first-order valence-corrected chi connectivity index (χ1v) is 7.13. The highest BCUT2D eigenvalue weighted by Gasteiger charge is 2.12. The van der Waals surface area contributed by atoms with Crippen molar-refractivity contribution in [3.63, 3.8) is 0 Å². The van der Waals surface area contributed by atoms with E-state index >= 15 is 0 Å². The van der Waals surface area contributed by atoms with Gasteiger partial charge in [-0.3, -0.25) is 4.79 Å². The standard InChI is InChI=1S/C16H19N3O3/c1-3-4-9-21-13-7-5-12(6-8-13)16-18-14(22-19-16)10-11(2)15(17)20/h5-8H,2-4,9-10H2,1H3,(H2,17,20). The SMILES string of the molecule is C=C(Cc1nc(-c2ccc(OCCCC)cc2)no1)C(N)=O. The molecule has 0 fully saturated rings. The van der Waals surface area contributed by atoms with E-state index in [4.69, 9.17) is 15.0 Å². The highest BCUT2D eigenvalue weighted by Crippen LogP contribution is 2.20. The number of hydrogen-bond donors (Lipinski definition) is 1. The molecule has 6 heteroatoms. The number of aromatic nitrogens is 2. The molecule has 0 aliphatic rings. The predicted octanol–water partition coefficient (Wildman–Crippen LogP) is 2.50. The summed E-state index contributed by atoms with van der Waals surface area (Å²) in [5, 5.41) is 3.88. The van der Waals surface area contributed by atoms with Crippen LogP contribution in [0.25, 0.3) is 11.4 Å². The number of amides is 1. The third-order valence-corrected chi connectivity index (χ3v) is 3.06. The van der Waals surface area contributed by atoms with Gasteiger partial charge in [-0.05, 0) is 30.7 Å². The Balaban J connectivity index is 2.01. The minimum atomic E-state index is -0.576. The molecule has 0 bridgehead atoms. The van der Waals surface area contributed by atoms with Gasteiger partial charge in [0.05, 0.1) is 13.0 Å². The summed E-state index contributed by atoms with van der Waals surface area (Å²) in [5.41, 5.74) is 6.17. The van der Waals surface area contributed by atoms with Crippen LogP contribution in [0.5, 0.6) is 5.75 Å². The van der Waals surface area contributed by atoms with Crippen molar-refractivity contribution in [2.45, 2.75) is 26.2 Å². The van der Waals surface area contributed by atoms with Crippen molar-refractivity contribution < 1.29 is 14.1 Å². The fourth-order valence-electron chi connectivity index (χ4n) is 1.75. The van der Waals surface area contributed by atoms with Crippen LogP contribution in [0.1, 0.15) is 25.7 Å². The summed E-state index contributed by atoms with van der Waals surface area (Å²) in [6.07, 6.45) is 2.28. The Morgan fingerprint density at radius 3 is 2.73 bits per heavy atom. The van der Waals surface area contributed by atoms with Crippen molar-refractivity contribution in [2.75, 3.05) is 6.61 Å². The van der Waals surface area contributed by atoms with Gasteiger partial charge in [-0.15, -0.1) is 0 Å². The molecule has 116 valence electrons. The number of rotatable bonds is 8. The molecule has 6 nitrogen and oxygen atoms in total. The van der Waals surface area contributed by atoms with Crippen LogP contribution in [-0.4, -0.2) is 22.7 Å². The molecule has 0 aliphatic heterocycles.